The van der Waals surface area contributed by atoms with Crippen LogP contribution in [0.3, 0.4) is 0 Å². The van der Waals surface area contributed by atoms with Crippen molar-refractivity contribution in [3.63, 3.8) is 0 Å². The Bertz CT molecular complexity index is 1210. The maximum Gasteiger partial charge on any atom is 0.344 e. The minimum Gasteiger partial charge on any atom is -0.507 e. The lowest BCUT2D eigenvalue weighted by molar-refractivity contribution is 0.312. The van der Waals surface area contributed by atoms with E-state index in [1.54, 1.807) is 31.4 Å². The second kappa shape index (κ2) is 8.43. The molecule has 0 aliphatic carbocycles. The smallest absolute Gasteiger partial charge is 0.344 e. The number of nitrogens with zero attached hydrogens (tertiary/aromatic N) is 1. The van der Waals surface area contributed by atoms with Crippen LogP contribution in [0.1, 0.15) is 11.1 Å². The summed E-state index contributed by atoms with van der Waals surface area (Å²) < 4.78 is 10.9. The van der Waals surface area contributed by atoms with E-state index in [1.807, 2.05) is 43.4 Å². The van der Waals surface area contributed by atoms with Crippen molar-refractivity contribution in [2.75, 3.05) is 14.2 Å². The fourth-order valence-corrected chi connectivity index (χ4v) is 3.58. The molecule has 1 N–H and O–H groups in total. The lowest BCUT2D eigenvalue weighted by Crippen LogP contribution is -2.17. The second-order valence-electron chi connectivity index (χ2n) is 7.32. The van der Waals surface area contributed by atoms with E-state index in [0.717, 1.165) is 16.7 Å². The molecule has 1 heterocycles. The molecule has 5 nitrogen and oxygen atoms in total. The molecule has 0 saturated heterocycles. The summed E-state index contributed by atoms with van der Waals surface area (Å²) in [5, 5.41) is 11.2. The number of rotatable bonds is 6. The fraction of sp³-hybridized carbons (Fsp3) is 0.160. The summed E-state index contributed by atoms with van der Waals surface area (Å²) in [4.78, 5) is 14.8. The molecule has 0 atom stereocenters. The average molecular weight is 401 g/mol. The number of methoxy groups -OCH3 is 1. The third kappa shape index (κ3) is 4.07. The highest BCUT2D eigenvalue weighted by molar-refractivity contribution is 5.85. The van der Waals surface area contributed by atoms with Gasteiger partial charge in [-0.1, -0.05) is 42.5 Å². The van der Waals surface area contributed by atoms with Crippen molar-refractivity contribution in [2.24, 2.45) is 0 Å². The van der Waals surface area contributed by atoms with Gasteiger partial charge in [-0.25, -0.2) is 4.79 Å². The van der Waals surface area contributed by atoms with Gasteiger partial charge in [0.2, 0.25) is 0 Å². The first-order chi connectivity index (χ1) is 14.5. The van der Waals surface area contributed by atoms with Gasteiger partial charge >= 0.3 is 5.63 Å². The van der Waals surface area contributed by atoms with Gasteiger partial charge in [-0.15, -0.1) is 0 Å². The molecule has 3 aromatic carbocycles. The van der Waals surface area contributed by atoms with Crippen LogP contribution in [0, 0.1) is 0 Å². The van der Waals surface area contributed by atoms with Gasteiger partial charge in [0, 0.05) is 18.5 Å². The third-order valence-electron chi connectivity index (χ3n) is 5.11. The molecule has 0 spiro atoms. The Kier molecular flexibility index (Phi) is 5.55. The normalized spacial score (nSPS) is 11.2. The Hall–Kier alpha value is -3.57. The van der Waals surface area contributed by atoms with Crippen molar-refractivity contribution < 1.29 is 14.3 Å². The first-order valence-corrected chi connectivity index (χ1v) is 9.71. The summed E-state index contributed by atoms with van der Waals surface area (Å²) in [7, 11) is 3.57. The highest BCUT2D eigenvalue weighted by atomic mass is 16.5. The highest BCUT2D eigenvalue weighted by Crippen LogP contribution is 2.30. The average Bonchev–Trinajstić information content (AvgIpc) is 2.76. The van der Waals surface area contributed by atoms with Gasteiger partial charge in [-0.05, 0) is 48.5 Å². The van der Waals surface area contributed by atoms with E-state index in [-0.39, 0.29) is 5.75 Å². The van der Waals surface area contributed by atoms with Crippen molar-refractivity contribution >= 4 is 11.0 Å². The van der Waals surface area contributed by atoms with Gasteiger partial charge in [-0.2, -0.15) is 0 Å². The predicted molar refractivity (Wildman–Crippen MR) is 118 cm³/mol. The molecule has 0 aliphatic rings. The van der Waals surface area contributed by atoms with Crippen molar-refractivity contribution in [1.82, 2.24) is 4.90 Å². The molecular formula is C25H23NO4. The number of hydrogen-bond donors (Lipinski definition) is 1. The first kappa shape index (κ1) is 19.7. The number of phenols is 1. The summed E-state index contributed by atoms with van der Waals surface area (Å²) in [5.41, 5.74) is 2.97. The van der Waals surface area contributed by atoms with E-state index in [9.17, 15) is 9.90 Å². The molecule has 0 bridgehead atoms. The van der Waals surface area contributed by atoms with Crippen LogP contribution in [-0.4, -0.2) is 24.2 Å². The molecule has 1 aromatic heterocycles. The van der Waals surface area contributed by atoms with Crippen LogP contribution < -0.4 is 10.4 Å². The zero-order chi connectivity index (χ0) is 21.1. The summed E-state index contributed by atoms with van der Waals surface area (Å²) >= 11 is 0. The van der Waals surface area contributed by atoms with Crippen LogP contribution in [-0.2, 0) is 13.1 Å². The summed E-state index contributed by atoms with van der Waals surface area (Å²) in [5.74, 6) is 0.834. The highest BCUT2D eigenvalue weighted by Gasteiger charge is 2.15. The quantitative estimate of drug-likeness (QED) is 0.470. The van der Waals surface area contributed by atoms with Crippen molar-refractivity contribution in [1.29, 1.82) is 0 Å². The molecule has 4 aromatic rings. The Labute approximate surface area is 174 Å². The van der Waals surface area contributed by atoms with Gasteiger partial charge < -0.3 is 14.3 Å². The molecule has 0 saturated carbocycles. The summed E-state index contributed by atoms with van der Waals surface area (Å²) in [6.07, 6.45) is 0. The van der Waals surface area contributed by atoms with Crippen LogP contribution in [0.15, 0.2) is 82.0 Å². The Morgan fingerprint density at radius 1 is 0.967 bits per heavy atom. The maximum atomic E-state index is 12.7. The number of benzene rings is 3. The summed E-state index contributed by atoms with van der Waals surface area (Å²) in [6.45, 7) is 1.16. The molecule has 30 heavy (non-hydrogen) atoms. The molecule has 152 valence electrons. The lowest BCUT2D eigenvalue weighted by Gasteiger charge is -2.18. The monoisotopic (exact) mass is 401 g/mol. The van der Waals surface area contributed by atoms with Crippen LogP contribution in [0.25, 0.3) is 22.1 Å². The summed E-state index contributed by atoms with van der Waals surface area (Å²) in [6, 6.07) is 22.6. The van der Waals surface area contributed by atoms with Crippen molar-refractivity contribution in [2.45, 2.75) is 13.1 Å². The zero-order valence-electron chi connectivity index (χ0n) is 17.0. The van der Waals surface area contributed by atoms with E-state index in [1.165, 1.54) is 5.56 Å². The Balaban J connectivity index is 1.69. The number of phenolic OH excluding ortho intramolecular Hbond substituents is 1. The van der Waals surface area contributed by atoms with Gasteiger partial charge in [0.05, 0.1) is 18.2 Å². The van der Waals surface area contributed by atoms with Crippen molar-refractivity contribution in [3.05, 3.63) is 94.3 Å². The van der Waals surface area contributed by atoms with Crippen LogP contribution in [0.5, 0.6) is 11.5 Å². The molecule has 5 heteroatoms. The second-order valence-corrected chi connectivity index (χ2v) is 7.32. The molecule has 0 aliphatic heterocycles. The van der Waals surface area contributed by atoms with Gasteiger partial charge in [0.25, 0.3) is 0 Å². The standard InChI is InChI=1S/C25H23NO4/c1-26(15-17-6-4-3-5-7-17)16-22-23(27)13-10-19-14-21(25(28)30-24(19)22)18-8-11-20(29-2)12-9-18/h3-14,27H,15-16H2,1-2H3. The molecule has 4 rings (SSSR count). The van der Waals surface area contributed by atoms with Crippen LogP contribution in [0.2, 0.25) is 0 Å². The number of aromatic hydroxyl groups is 1. The fourth-order valence-electron chi connectivity index (χ4n) is 3.58. The first-order valence-electron chi connectivity index (χ1n) is 9.71. The largest absolute Gasteiger partial charge is 0.507 e. The number of ether oxygens (including phenoxy) is 1. The van der Waals surface area contributed by atoms with E-state index >= 15 is 0 Å². The van der Waals surface area contributed by atoms with E-state index in [2.05, 4.69) is 17.0 Å². The van der Waals surface area contributed by atoms with E-state index in [0.29, 0.717) is 29.8 Å². The van der Waals surface area contributed by atoms with Gasteiger partial charge in [0.15, 0.2) is 0 Å². The molecular weight excluding hydrogens is 378 g/mol. The zero-order valence-corrected chi connectivity index (χ0v) is 17.0. The van der Waals surface area contributed by atoms with E-state index in [4.69, 9.17) is 9.15 Å². The molecule has 0 radical (unpaired) electrons. The number of hydrogen-bond acceptors (Lipinski definition) is 5. The maximum absolute atomic E-state index is 12.7. The molecule has 0 fully saturated rings. The Morgan fingerprint density at radius 2 is 1.70 bits per heavy atom. The molecule has 0 amide bonds. The Morgan fingerprint density at radius 3 is 2.40 bits per heavy atom. The SMILES string of the molecule is COc1ccc(-c2cc3ccc(O)c(CN(C)Cc4ccccc4)c3oc2=O)cc1. The third-order valence-corrected chi connectivity index (χ3v) is 5.11. The minimum absolute atomic E-state index is 0.114. The minimum atomic E-state index is -0.440. The number of fused-ring (bicyclic) bond motifs is 1. The van der Waals surface area contributed by atoms with Crippen LogP contribution in [0.4, 0.5) is 0 Å². The lowest BCUT2D eigenvalue weighted by atomic mass is 10.0. The van der Waals surface area contributed by atoms with E-state index < -0.39 is 5.63 Å². The topological polar surface area (TPSA) is 62.9 Å². The predicted octanol–water partition coefficient (Wildman–Crippen LogP) is 4.81. The van der Waals surface area contributed by atoms with Gasteiger partial charge in [-0.3, -0.25) is 4.90 Å². The molecule has 0 unspecified atom stereocenters. The van der Waals surface area contributed by atoms with Crippen LogP contribution >= 0.6 is 0 Å². The van der Waals surface area contributed by atoms with Gasteiger partial charge in [0.1, 0.15) is 17.1 Å². The van der Waals surface area contributed by atoms with Crippen molar-refractivity contribution in [3.8, 4) is 22.6 Å².